The Hall–Kier alpha value is -1.56. The van der Waals surface area contributed by atoms with Gasteiger partial charge in [0.2, 0.25) is 5.95 Å². The highest BCUT2D eigenvalue weighted by molar-refractivity contribution is 5.92. The molecule has 0 radical (unpaired) electrons. The summed E-state index contributed by atoms with van der Waals surface area (Å²) in [5.74, 6) is 0.666. The van der Waals surface area contributed by atoms with Gasteiger partial charge in [-0.05, 0) is 12.8 Å². The maximum atomic E-state index is 12.3. The molecule has 0 aromatic carbocycles. The van der Waals surface area contributed by atoms with Crippen molar-refractivity contribution in [2.45, 2.75) is 26.3 Å². The van der Waals surface area contributed by atoms with Gasteiger partial charge in [-0.1, -0.05) is 6.92 Å². The number of imidazole rings is 1. The van der Waals surface area contributed by atoms with Gasteiger partial charge >= 0.3 is 0 Å². The van der Waals surface area contributed by atoms with Crippen LogP contribution >= 0.6 is 0 Å². The van der Waals surface area contributed by atoms with Gasteiger partial charge in [-0.15, -0.1) is 0 Å². The smallest absolute Gasteiger partial charge is 0.274 e. The second kappa shape index (κ2) is 5.86. The molecule has 2 N–H and O–H groups in total. The summed E-state index contributed by atoms with van der Waals surface area (Å²) >= 11 is 0. The van der Waals surface area contributed by atoms with Crippen molar-refractivity contribution in [3.63, 3.8) is 0 Å². The van der Waals surface area contributed by atoms with Crippen molar-refractivity contribution in [3.8, 4) is 0 Å². The monoisotopic (exact) mass is 252 g/mol. The standard InChI is InChI=1S/C12H20N4O2/c1-2-5-15(7-8-17)11(18)10-9-16-6-3-4-13-12(16)14-10/h9,17H,2-8H2,1H3,(H,13,14). The van der Waals surface area contributed by atoms with Gasteiger partial charge < -0.3 is 19.9 Å². The quantitative estimate of drug-likeness (QED) is 0.802. The number of hydrogen-bond donors (Lipinski definition) is 2. The Balaban J connectivity index is 2.13. The summed E-state index contributed by atoms with van der Waals surface area (Å²) in [5, 5.41) is 12.2. The maximum Gasteiger partial charge on any atom is 0.274 e. The van der Waals surface area contributed by atoms with Crippen LogP contribution in [-0.2, 0) is 6.54 Å². The van der Waals surface area contributed by atoms with E-state index >= 15 is 0 Å². The van der Waals surface area contributed by atoms with E-state index in [1.54, 1.807) is 11.1 Å². The molecular weight excluding hydrogens is 232 g/mol. The predicted molar refractivity (Wildman–Crippen MR) is 68.6 cm³/mol. The second-order valence-corrected chi connectivity index (χ2v) is 4.44. The molecule has 1 aliphatic rings. The largest absolute Gasteiger partial charge is 0.395 e. The third-order valence-electron chi connectivity index (χ3n) is 3.01. The molecule has 0 spiro atoms. The molecule has 0 atom stereocenters. The summed E-state index contributed by atoms with van der Waals surface area (Å²) in [4.78, 5) is 18.2. The van der Waals surface area contributed by atoms with Crippen LogP contribution in [0.5, 0.6) is 0 Å². The van der Waals surface area contributed by atoms with Gasteiger partial charge in [0, 0.05) is 32.4 Å². The van der Waals surface area contributed by atoms with Crippen LogP contribution < -0.4 is 5.32 Å². The molecular formula is C12H20N4O2. The Kier molecular flexibility index (Phi) is 4.19. The van der Waals surface area contributed by atoms with Crippen LogP contribution in [0.1, 0.15) is 30.3 Å². The molecule has 0 aliphatic carbocycles. The number of aryl methyl sites for hydroxylation is 1. The zero-order valence-corrected chi connectivity index (χ0v) is 10.7. The normalized spacial score (nSPS) is 13.9. The fourth-order valence-corrected chi connectivity index (χ4v) is 2.15. The second-order valence-electron chi connectivity index (χ2n) is 4.44. The number of aliphatic hydroxyl groups excluding tert-OH is 1. The van der Waals surface area contributed by atoms with Crippen LogP contribution in [0, 0.1) is 0 Å². The van der Waals surface area contributed by atoms with Gasteiger partial charge in [-0.25, -0.2) is 4.98 Å². The number of anilines is 1. The van der Waals surface area contributed by atoms with E-state index in [2.05, 4.69) is 10.3 Å². The van der Waals surface area contributed by atoms with Gasteiger partial charge in [-0.2, -0.15) is 0 Å². The fourth-order valence-electron chi connectivity index (χ4n) is 2.15. The molecule has 0 unspecified atom stereocenters. The molecule has 18 heavy (non-hydrogen) atoms. The van der Waals surface area contributed by atoms with E-state index < -0.39 is 0 Å². The first-order valence-corrected chi connectivity index (χ1v) is 6.47. The molecule has 1 aromatic heterocycles. The molecule has 6 heteroatoms. The van der Waals surface area contributed by atoms with E-state index in [4.69, 9.17) is 5.11 Å². The Morgan fingerprint density at radius 2 is 2.44 bits per heavy atom. The highest BCUT2D eigenvalue weighted by Crippen LogP contribution is 2.15. The van der Waals surface area contributed by atoms with Crippen LogP contribution in [0.3, 0.4) is 0 Å². The number of nitrogens with zero attached hydrogens (tertiary/aromatic N) is 3. The van der Waals surface area contributed by atoms with Crippen LogP contribution in [0.4, 0.5) is 5.95 Å². The average molecular weight is 252 g/mol. The Morgan fingerprint density at radius 3 is 3.11 bits per heavy atom. The number of carbonyl (C=O) groups excluding carboxylic acids is 1. The van der Waals surface area contributed by atoms with Gasteiger partial charge in [0.1, 0.15) is 5.69 Å². The summed E-state index contributed by atoms with van der Waals surface area (Å²) in [7, 11) is 0. The van der Waals surface area contributed by atoms with Gasteiger partial charge in [0.15, 0.2) is 0 Å². The first kappa shape index (κ1) is 12.9. The number of nitrogens with one attached hydrogen (secondary N) is 1. The third-order valence-corrected chi connectivity index (χ3v) is 3.01. The number of aromatic nitrogens is 2. The van der Waals surface area contributed by atoms with Crippen LogP contribution in [0.2, 0.25) is 0 Å². The fraction of sp³-hybridized carbons (Fsp3) is 0.667. The van der Waals surface area contributed by atoms with Crippen molar-refractivity contribution in [2.75, 3.05) is 31.6 Å². The van der Waals surface area contributed by atoms with Gasteiger partial charge in [0.05, 0.1) is 6.61 Å². The lowest BCUT2D eigenvalue weighted by molar-refractivity contribution is 0.0716. The molecule has 0 fully saturated rings. The highest BCUT2D eigenvalue weighted by Gasteiger charge is 2.20. The van der Waals surface area contributed by atoms with E-state index in [0.29, 0.717) is 18.8 Å². The zero-order chi connectivity index (χ0) is 13.0. The van der Waals surface area contributed by atoms with E-state index in [9.17, 15) is 4.79 Å². The van der Waals surface area contributed by atoms with Crippen LogP contribution in [0.25, 0.3) is 0 Å². The molecule has 1 aliphatic heterocycles. The summed E-state index contributed by atoms with van der Waals surface area (Å²) in [5.41, 5.74) is 0.460. The molecule has 0 bridgehead atoms. The van der Waals surface area contributed by atoms with Crippen molar-refractivity contribution in [2.24, 2.45) is 0 Å². The Bertz CT molecular complexity index is 387. The molecule has 6 nitrogen and oxygen atoms in total. The van der Waals surface area contributed by atoms with E-state index in [0.717, 1.165) is 31.9 Å². The zero-order valence-electron chi connectivity index (χ0n) is 10.7. The van der Waals surface area contributed by atoms with Crippen LogP contribution in [0.15, 0.2) is 6.20 Å². The van der Waals surface area contributed by atoms with Crippen molar-refractivity contribution >= 4 is 11.9 Å². The Morgan fingerprint density at radius 1 is 1.61 bits per heavy atom. The average Bonchev–Trinajstić information content (AvgIpc) is 2.81. The molecule has 2 rings (SSSR count). The predicted octanol–water partition coefficient (Wildman–Crippen LogP) is 0.543. The van der Waals surface area contributed by atoms with E-state index in [1.165, 1.54) is 0 Å². The molecule has 100 valence electrons. The molecule has 2 heterocycles. The lowest BCUT2D eigenvalue weighted by atomic mass is 10.3. The summed E-state index contributed by atoms with van der Waals surface area (Å²) in [6.07, 6.45) is 3.72. The minimum atomic E-state index is -0.102. The highest BCUT2D eigenvalue weighted by atomic mass is 16.3. The lowest BCUT2D eigenvalue weighted by Crippen LogP contribution is -2.34. The van der Waals surface area contributed by atoms with Crippen molar-refractivity contribution in [3.05, 3.63) is 11.9 Å². The third kappa shape index (κ3) is 2.64. The number of rotatable bonds is 5. The topological polar surface area (TPSA) is 70.4 Å². The van der Waals surface area contributed by atoms with Crippen molar-refractivity contribution in [1.82, 2.24) is 14.5 Å². The number of carbonyl (C=O) groups is 1. The summed E-state index contributed by atoms with van der Waals surface area (Å²) in [6, 6.07) is 0. The number of fused-ring (bicyclic) bond motifs is 1. The minimum absolute atomic E-state index is 0.0163. The van der Waals surface area contributed by atoms with Crippen molar-refractivity contribution < 1.29 is 9.90 Å². The summed E-state index contributed by atoms with van der Waals surface area (Å²) < 4.78 is 1.97. The van der Waals surface area contributed by atoms with Gasteiger partial charge in [-0.3, -0.25) is 4.79 Å². The number of aliphatic hydroxyl groups is 1. The molecule has 0 saturated heterocycles. The number of amides is 1. The SMILES string of the molecule is CCCN(CCO)C(=O)c1cn2c(n1)NCCC2. The maximum absolute atomic E-state index is 12.3. The molecule has 1 aromatic rings. The minimum Gasteiger partial charge on any atom is -0.395 e. The molecule has 1 amide bonds. The van der Waals surface area contributed by atoms with Gasteiger partial charge in [0.25, 0.3) is 5.91 Å². The number of hydrogen-bond acceptors (Lipinski definition) is 4. The first-order valence-electron chi connectivity index (χ1n) is 6.47. The lowest BCUT2D eigenvalue weighted by Gasteiger charge is -2.19. The van der Waals surface area contributed by atoms with E-state index in [1.807, 2.05) is 11.5 Å². The Labute approximate surface area is 107 Å². The van der Waals surface area contributed by atoms with E-state index in [-0.39, 0.29) is 12.5 Å². The van der Waals surface area contributed by atoms with Crippen molar-refractivity contribution in [1.29, 1.82) is 0 Å². The summed E-state index contributed by atoms with van der Waals surface area (Å²) in [6.45, 7) is 4.81. The molecule has 0 saturated carbocycles. The first-order chi connectivity index (χ1) is 8.76. The van der Waals surface area contributed by atoms with Crippen LogP contribution in [-0.4, -0.2) is 51.7 Å².